The molecule has 1 heterocycles. The van der Waals surface area contributed by atoms with Gasteiger partial charge in [0.15, 0.2) is 0 Å². The lowest BCUT2D eigenvalue weighted by molar-refractivity contribution is 0.102. The Morgan fingerprint density at radius 3 is 2.31 bits per heavy atom. The monoisotopic (exact) mass is 435 g/mol. The summed E-state index contributed by atoms with van der Waals surface area (Å²) in [6.45, 7) is 6.77. The number of piperazine rings is 1. The molecule has 0 spiro atoms. The van der Waals surface area contributed by atoms with E-state index in [1.165, 1.54) is 0 Å². The molecule has 1 N–H and O–H groups in total. The maximum Gasteiger partial charge on any atom is 0.255 e. The summed E-state index contributed by atoms with van der Waals surface area (Å²) in [7, 11) is -3.11. The van der Waals surface area contributed by atoms with Crippen molar-refractivity contribution >= 4 is 33.2 Å². The predicted octanol–water partition coefficient (Wildman–Crippen LogP) is 3.37. The first-order valence-corrected chi connectivity index (χ1v) is 11.6. The molecule has 0 aliphatic carbocycles. The quantitative estimate of drug-likeness (QED) is 0.755. The average Bonchev–Trinajstić information content (AvgIpc) is 2.71. The Kier molecular flexibility index (Phi) is 6.95. The minimum Gasteiger partial charge on any atom is -0.322 e. The van der Waals surface area contributed by atoms with E-state index in [-0.39, 0.29) is 11.7 Å². The van der Waals surface area contributed by atoms with Gasteiger partial charge in [0.1, 0.15) is 0 Å². The molecule has 0 unspecified atom stereocenters. The van der Waals surface area contributed by atoms with Gasteiger partial charge in [-0.25, -0.2) is 8.42 Å². The number of carbonyl (C=O) groups is 1. The van der Waals surface area contributed by atoms with E-state index in [1.807, 2.05) is 37.3 Å². The molecule has 1 aliphatic heterocycles. The molecule has 2 aromatic carbocycles. The van der Waals surface area contributed by atoms with Gasteiger partial charge in [0.05, 0.1) is 5.75 Å². The second-order valence-electron chi connectivity index (χ2n) is 7.19. The molecule has 29 heavy (non-hydrogen) atoms. The molecule has 0 bridgehead atoms. The molecule has 0 saturated carbocycles. The van der Waals surface area contributed by atoms with Gasteiger partial charge >= 0.3 is 0 Å². The molecule has 156 valence electrons. The SMILES string of the molecule is CCS(=O)(=O)N1CCN(Cc2ccc(C(=O)Nc3ccc(Cl)cc3C)cc2)CC1. The third-order valence-corrected chi connectivity index (χ3v) is 7.27. The number of nitrogens with zero attached hydrogens (tertiary/aromatic N) is 2. The van der Waals surface area contributed by atoms with E-state index < -0.39 is 10.0 Å². The molecule has 1 saturated heterocycles. The van der Waals surface area contributed by atoms with Crippen LogP contribution in [-0.4, -0.2) is 55.5 Å². The molecule has 1 aliphatic rings. The fourth-order valence-electron chi connectivity index (χ4n) is 3.33. The molecular formula is C21H26ClN3O3S. The molecule has 8 heteroatoms. The van der Waals surface area contributed by atoms with Crippen LogP contribution in [0.3, 0.4) is 0 Å². The van der Waals surface area contributed by atoms with Crippen LogP contribution in [0.1, 0.15) is 28.4 Å². The maximum atomic E-state index is 12.5. The molecule has 0 atom stereocenters. The van der Waals surface area contributed by atoms with Crippen molar-refractivity contribution in [3.05, 3.63) is 64.2 Å². The van der Waals surface area contributed by atoms with E-state index in [1.54, 1.807) is 23.4 Å². The highest BCUT2D eigenvalue weighted by Gasteiger charge is 2.25. The van der Waals surface area contributed by atoms with Crippen molar-refractivity contribution in [2.75, 3.05) is 37.2 Å². The van der Waals surface area contributed by atoms with Gasteiger partial charge in [0, 0.05) is 49.0 Å². The third kappa shape index (κ3) is 5.57. The Bertz CT molecular complexity index is 969. The molecule has 3 rings (SSSR count). The number of nitrogens with one attached hydrogen (secondary N) is 1. The van der Waals surface area contributed by atoms with Crippen molar-refractivity contribution in [1.29, 1.82) is 0 Å². The zero-order valence-electron chi connectivity index (χ0n) is 16.7. The Hall–Kier alpha value is -1.93. The number of benzene rings is 2. The van der Waals surface area contributed by atoms with Crippen molar-refractivity contribution in [1.82, 2.24) is 9.21 Å². The van der Waals surface area contributed by atoms with Crippen molar-refractivity contribution in [3.63, 3.8) is 0 Å². The zero-order chi connectivity index (χ0) is 21.0. The number of aryl methyl sites for hydroxylation is 1. The van der Waals surface area contributed by atoms with Crippen LogP contribution < -0.4 is 5.32 Å². The normalized spacial score (nSPS) is 16.0. The number of sulfonamides is 1. The predicted molar refractivity (Wildman–Crippen MR) is 117 cm³/mol. The van der Waals surface area contributed by atoms with Crippen LogP contribution in [0.2, 0.25) is 5.02 Å². The molecular weight excluding hydrogens is 410 g/mol. The smallest absolute Gasteiger partial charge is 0.255 e. The number of halogens is 1. The van der Waals surface area contributed by atoms with E-state index in [4.69, 9.17) is 11.6 Å². The molecule has 0 aromatic heterocycles. The largest absolute Gasteiger partial charge is 0.322 e. The van der Waals surface area contributed by atoms with Gasteiger partial charge in [0.25, 0.3) is 5.91 Å². The lowest BCUT2D eigenvalue weighted by Gasteiger charge is -2.33. The molecule has 2 aromatic rings. The number of carbonyl (C=O) groups excluding carboxylic acids is 1. The van der Waals surface area contributed by atoms with Crippen LogP contribution in [0.4, 0.5) is 5.69 Å². The summed E-state index contributed by atoms with van der Waals surface area (Å²) in [5.41, 5.74) is 3.33. The standard InChI is InChI=1S/C21H26ClN3O3S/c1-3-29(27,28)25-12-10-24(11-13-25)15-17-4-6-18(7-5-17)21(26)23-20-9-8-19(22)14-16(20)2/h4-9,14H,3,10-13,15H2,1-2H3,(H,23,26). The molecule has 6 nitrogen and oxygen atoms in total. The number of rotatable bonds is 6. The summed E-state index contributed by atoms with van der Waals surface area (Å²) in [6, 6.07) is 12.9. The summed E-state index contributed by atoms with van der Waals surface area (Å²) < 4.78 is 25.5. The highest BCUT2D eigenvalue weighted by molar-refractivity contribution is 7.89. The van der Waals surface area contributed by atoms with Gasteiger partial charge in [-0.1, -0.05) is 23.7 Å². The van der Waals surface area contributed by atoms with Gasteiger partial charge in [-0.05, 0) is 55.3 Å². The number of anilines is 1. The summed E-state index contributed by atoms with van der Waals surface area (Å²) in [4.78, 5) is 14.7. The summed E-state index contributed by atoms with van der Waals surface area (Å²) >= 11 is 5.96. The van der Waals surface area contributed by atoms with Gasteiger partial charge in [-0.2, -0.15) is 4.31 Å². The van der Waals surface area contributed by atoms with Crippen molar-refractivity contribution < 1.29 is 13.2 Å². The average molecular weight is 436 g/mol. The summed E-state index contributed by atoms with van der Waals surface area (Å²) in [5, 5.41) is 3.55. The minimum absolute atomic E-state index is 0.145. The van der Waals surface area contributed by atoms with Crippen LogP contribution in [0.5, 0.6) is 0 Å². The number of amides is 1. The van der Waals surface area contributed by atoms with E-state index in [2.05, 4.69) is 10.2 Å². The van der Waals surface area contributed by atoms with Gasteiger partial charge < -0.3 is 5.32 Å². The van der Waals surface area contributed by atoms with Crippen LogP contribution >= 0.6 is 11.6 Å². The van der Waals surface area contributed by atoms with Crippen LogP contribution in [0.15, 0.2) is 42.5 Å². The van der Waals surface area contributed by atoms with Crippen LogP contribution in [0, 0.1) is 6.92 Å². The minimum atomic E-state index is -3.11. The van der Waals surface area contributed by atoms with E-state index in [0.717, 1.165) is 23.4 Å². The number of hydrogen-bond acceptors (Lipinski definition) is 4. The Balaban J connectivity index is 1.56. The lowest BCUT2D eigenvalue weighted by atomic mass is 10.1. The highest BCUT2D eigenvalue weighted by Crippen LogP contribution is 2.20. The number of hydrogen-bond donors (Lipinski definition) is 1. The fourth-order valence-corrected chi connectivity index (χ4v) is 4.64. The van der Waals surface area contributed by atoms with Crippen LogP contribution in [-0.2, 0) is 16.6 Å². The third-order valence-electron chi connectivity index (χ3n) is 5.15. The Morgan fingerprint density at radius 1 is 1.07 bits per heavy atom. The second kappa shape index (κ2) is 9.26. The second-order valence-corrected chi connectivity index (χ2v) is 9.88. The zero-order valence-corrected chi connectivity index (χ0v) is 18.3. The first kappa shape index (κ1) is 21.8. The molecule has 0 radical (unpaired) electrons. The highest BCUT2D eigenvalue weighted by atomic mass is 35.5. The van der Waals surface area contributed by atoms with Gasteiger partial charge in [-0.3, -0.25) is 9.69 Å². The summed E-state index contributed by atoms with van der Waals surface area (Å²) in [5.74, 6) is -0.0214. The Labute approximate surface area is 177 Å². The van der Waals surface area contributed by atoms with Crippen LogP contribution in [0.25, 0.3) is 0 Å². The maximum absolute atomic E-state index is 12.5. The first-order valence-electron chi connectivity index (χ1n) is 9.65. The molecule has 1 amide bonds. The van der Waals surface area contributed by atoms with E-state index >= 15 is 0 Å². The van der Waals surface area contributed by atoms with Crippen molar-refractivity contribution in [2.45, 2.75) is 20.4 Å². The Morgan fingerprint density at radius 2 is 1.72 bits per heavy atom. The van der Waals surface area contributed by atoms with Crippen molar-refractivity contribution in [3.8, 4) is 0 Å². The van der Waals surface area contributed by atoms with Gasteiger partial charge in [-0.15, -0.1) is 0 Å². The molecule has 1 fully saturated rings. The van der Waals surface area contributed by atoms with Crippen molar-refractivity contribution in [2.24, 2.45) is 0 Å². The van der Waals surface area contributed by atoms with E-state index in [0.29, 0.717) is 36.8 Å². The topological polar surface area (TPSA) is 69.7 Å². The fraction of sp³-hybridized carbons (Fsp3) is 0.381. The first-order chi connectivity index (χ1) is 13.8. The van der Waals surface area contributed by atoms with Gasteiger partial charge in [0.2, 0.25) is 10.0 Å². The van der Waals surface area contributed by atoms with E-state index in [9.17, 15) is 13.2 Å². The summed E-state index contributed by atoms with van der Waals surface area (Å²) in [6.07, 6.45) is 0. The lowest BCUT2D eigenvalue weighted by Crippen LogP contribution is -2.48.